The smallest absolute Gasteiger partial charge is 0.303 e. The molecule has 0 bridgehead atoms. The highest BCUT2D eigenvalue weighted by Gasteiger charge is 2.05. The second-order valence-electron chi connectivity index (χ2n) is 4.19. The summed E-state index contributed by atoms with van der Waals surface area (Å²) in [5.74, 6) is -0.746. The molecule has 0 aliphatic rings. The van der Waals surface area contributed by atoms with Crippen LogP contribution < -0.4 is 0 Å². The van der Waals surface area contributed by atoms with E-state index >= 15 is 0 Å². The lowest BCUT2D eigenvalue weighted by atomic mass is 10.1. The van der Waals surface area contributed by atoms with E-state index in [4.69, 9.17) is 16.7 Å². The van der Waals surface area contributed by atoms with Crippen LogP contribution in [0.4, 0.5) is 0 Å². The first-order valence-corrected chi connectivity index (χ1v) is 5.91. The van der Waals surface area contributed by atoms with Gasteiger partial charge in [-0.3, -0.25) is 4.79 Å². The lowest BCUT2D eigenvalue weighted by Crippen LogP contribution is -1.95. The number of rotatable bonds is 4. The molecule has 0 amide bonds. The lowest BCUT2D eigenvalue weighted by molar-refractivity contribution is -0.137. The van der Waals surface area contributed by atoms with Crippen molar-refractivity contribution in [1.29, 1.82) is 0 Å². The molecular weight excluding hydrogens is 238 g/mol. The van der Waals surface area contributed by atoms with Gasteiger partial charge in [-0.1, -0.05) is 17.7 Å². The molecule has 2 aromatic rings. The molecule has 0 spiro atoms. The van der Waals surface area contributed by atoms with E-state index in [-0.39, 0.29) is 6.42 Å². The second-order valence-corrected chi connectivity index (χ2v) is 4.59. The Bertz CT molecular complexity index is 560. The molecule has 1 heterocycles. The summed E-state index contributed by atoms with van der Waals surface area (Å²) in [6.07, 6.45) is 3.52. The van der Waals surface area contributed by atoms with Crippen LogP contribution in [0.2, 0.25) is 5.02 Å². The Labute approximate surface area is 105 Å². The fraction of sp³-hybridized carbons (Fsp3) is 0.308. The summed E-state index contributed by atoms with van der Waals surface area (Å²) in [6.45, 7) is 0. The van der Waals surface area contributed by atoms with Gasteiger partial charge >= 0.3 is 5.97 Å². The third kappa shape index (κ3) is 2.61. The molecular formula is C13H14ClNO2. The maximum Gasteiger partial charge on any atom is 0.303 e. The molecule has 0 radical (unpaired) electrons. The number of aliphatic carboxylic acids is 1. The highest BCUT2D eigenvalue weighted by atomic mass is 35.5. The van der Waals surface area contributed by atoms with Crippen LogP contribution in [0.5, 0.6) is 0 Å². The van der Waals surface area contributed by atoms with Gasteiger partial charge in [0.15, 0.2) is 0 Å². The Morgan fingerprint density at radius 3 is 2.94 bits per heavy atom. The topological polar surface area (TPSA) is 42.2 Å². The Morgan fingerprint density at radius 2 is 2.24 bits per heavy atom. The fourth-order valence-corrected chi connectivity index (χ4v) is 2.29. The Balaban J connectivity index is 2.19. The van der Waals surface area contributed by atoms with Crippen molar-refractivity contribution in [2.24, 2.45) is 7.05 Å². The summed E-state index contributed by atoms with van der Waals surface area (Å²) in [5, 5.41) is 10.4. The van der Waals surface area contributed by atoms with E-state index in [0.717, 1.165) is 27.9 Å². The van der Waals surface area contributed by atoms with Gasteiger partial charge in [0.1, 0.15) is 0 Å². The first-order valence-electron chi connectivity index (χ1n) is 5.53. The summed E-state index contributed by atoms with van der Waals surface area (Å²) in [5.41, 5.74) is 2.23. The van der Waals surface area contributed by atoms with Gasteiger partial charge < -0.3 is 9.67 Å². The maximum atomic E-state index is 10.4. The summed E-state index contributed by atoms with van der Waals surface area (Å²) >= 11 is 6.12. The third-order valence-corrected chi connectivity index (χ3v) is 3.16. The van der Waals surface area contributed by atoms with Crippen molar-refractivity contribution in [2.75, 3.05) is 0 Å². The number of halogens is 1. The van der Waals surface area contributed by atoms with Gasteiger partial charge in [-0.2, -0.15) is 0 Å². The van der Waals surface area contributed by atoms with Crippen LogP contribution in [0, 0.1) is 0 Å². The third-order valence-electron chi connectivity index (χ3n) is 2.86. The van der Waals surface area contributed by atoms with Crippen LogP contribution >= 0.6 is 11.6 Å². The van der Waals surface area contributed by atoms with Gasteiger partial charge in [0, 0.05) is 30.6 Å². The summed E-state index contributed by atoms with van der Waals surface area (Å²) in [6, 6.07) is 6.09. The van der Waals surface area contributed by atoms with Crippen LogP contribution in [0.15, 0.2) is 24.4 Å². The Morgan fingerprint density at radius 1 is 1.47 bits per heavy atom. The first kappa shape index (κ1) is 12.0. The number of aryl methyl sites for hydroxylation is 2. The zero-order chi connectivity index (χ0) is 12.4. The molecule has 0 aliphatic heterocycles. The van der Waals surface area contributed by atoms with E-state index in [2.05, 4.69) is 0 Å². The van der Waals surface area contributed by atoms with Crippen molar-refractivity contribution < 1.29 is 9.90 Å². The number of aromatic nitrogens is 1. The molecule has 0 saturated carbocycles. The van der Waals surface area contributed by atoms with E-state index in [1.165, 1.54) is 0 Å². The first-order chi connectivity index (χ1) is 8.08. The average Bonchev–Trinajstić information content (AvgIpc) is 2.54. The predicted molar refractivity (Wildman–Crippen MR) is 68.5 cm³/mol. The van der Waals surface area contributed by atoms with Crippen molar-refractivity contribution in [1.82, 2.24) is 4.57 Å². The van der Waals surface area contributed by atoms with Gasteiger partial charge in [0.2, 0.25) is 0 Å². The molecule has 1 aromatic carbocycles. The SMILES string of the molecule is Cn1cc(Cl)c2cc(CCCC(=O)O)ccc21. The van der Waals surface area contributed by atoms with Crippen LogP contribution in [0.25, 0.3) is 10.9 Å². The number of nitrogens with zero attached hydrogens (tertiary/aromatic N) is 1. The Kier molecular flexibility index (Phi) is 3.38. The van der Waals surface area contributed by atoms with Crippen molar-refractivity contribution in [3.05, 3.63) is 35.0 Å². The van der Waals surface area contributed by atoms with Crippen molar-refractivity contribution in [2.45, 2.75) is 19.3 Å². The largest absolute Gasteiger partial charge is 0.481 e. The van der Waals surface area contributed by atoms with Gasteiger partial charge in [-0.05, 0) is 30.5 Å². The quantitative estimate of drug-likeness (QED) is 0.907. The van der Waals surface area contributed by atoms with E-state index in [1.807, 2.05) is 36.0 Å². The molecule has 4 heteroatoms. The van der Waals surface area contributed by atoms with Crippen molar-refractivity contribution in [3.63, 3.8) is 0 Å². The van der Waals surface area contributed by atoms with E-state index < -0.39 is 5.97 Å². The highest BCUT2D eigenvalue weighted by molar-refractivity contribution is 6.35. The maximum absolute atomic E-state index is 10.4. The second kappa shape index (κ2) is 4.80. The molecule has 90 valence electrons. The Hall–Kier alpha value is -1.48. The fourth-order valence-electron chi connectivity index (χ4n) is 1.99. The molecule has 2 rings (SSSR count). The normalized spacial score (nSPS) is 10.9. The summed E-state index contributed by atoms with van der Waals surface area (Å²) < 4.78 is 1.98. The highest BCUT2D eigenvalue weighted by Crippen LogP contribution is 2.26. The summed E-state index contributed by atoms with van der Waals surface area (Å²) in [7, 11) is 1.96. The number of hydrogen-bond acceptors (Lipinski definition) is 1. The minimum absolute atomic E-state index is 0.209. The van der Waals surface area contributed by atoms with Gasteiger partial charge in [0.25, 0.3) is 0 Å². The monoisotopic (exact) mass is 251 g/mol. The minimum atomic E-state index is -0.746. The van der Waals surface area contributed by atoms with Gasteiger partial charge in [0.05, 0.1) is 5.02 Å². The van der Waals surface area contributed by atoms with Crippen LogP contribution in [0.1, 0.15) is 18.4 Å². The van der Waals surface area contributed by atoms with Crippen LogP contribution in [0.3, 0.4) is 0 Å². The van der Waals surface area contributed by atoms with Crippen molar-refractivity contribution in [3.8, 4) is 0 Å². The summed E-state index contributed by atoms with van der Waals surface area (Å²) in [4.78, 5) is 10.4. The number of benzene rings is 1. The molecule has 1 aromatic heterocycles. The molecule has 0 unspecified atom stereocenters. The average molecular weight is 252 g/mol. The van der Waals surface area contributed by atoms with Crippen molar-refractivity contribution >= 4 is 28.5 Å². The number of fused-ring (bicyclic) bond motifs is 1. The van der Waals surface area contributed by atoms with E-state index in [0.29, 0.717) is 6.42 Å². The number of hydrogen-bond donors (Lipinski definition) is 1. The lowest BCUT2D eigenvalue weighted by Gasteiger charge is -2.01. The zero-order valence-corrected chi connectivity index (χ0v) is 10.4. The number of carboxylic acids is 1. The molecule has 0 aliphatic carbocycles. The molecule has 3 nitrogen and oxygen atoms in total. The number of carboxylic acid groups (broad SMARTS) is 1. The minimum Gasteiger partial charge on any atom is -0.481 e. The van der Waals surface area contributed by atoms with E-state index in [1.54, 1.807) is 0 Å². The molecule has 1 N–H and O–H groups in total. The standard InChI is InChI=1S/C13H14ClNO2/c1-15-8-11(14)10-7-9(5-6-12(10)15)3-2-4-13(16)17/h5-8H,2-4H2,1H3,(H,16,17). The van der Waals surface area contributed by atoms with Gasteiger partial charge in [-0.15, -0.1) is 0 Å². The van der Waals surface area contributed by atoms with Crippen LogP contribution in [-0.4, -0.2) is 15.6 Å². The predicted octanol–water partition coefficient (Wildman–Crippen LogP) is 3.24. The van der Waals surface area contributed by atoms with Gasteiger partial charge in [-0.25, -0.2) is 0 Å². The molecule has 0 fully saturated rings. The zero-order valence-electron chi connectivity index (χ0n) is 9.61. The molecule has 0 atom stereocenters. The molecule has 17 heavy (non-hydrogen) atoms. The number of carbonyl (C=O) groups is 1. The van der Waals surface area contributed by atoms with E-state index in [9.17, 15) is 4.79 Å². The van der Waals surface area contributed by atoms with Crippen LogP contribution in [-0.2, 0) is 18.3 Å². The molecule has 0 saturated heterocycles.